The highest BCUT2D eigenvalue weighted by atomic mass is 16.2. The van der Waals surface area contributed by atoms with Gasteiger partial charge < -0.3 is 10.6 Å². The number of rotatable bonds is 6. The molecule has 3 rings (SSSR count). The van der Waals surface area contributed by atoms with E-state index in [-0.39, 0.29) is 17.9 Å². The van der Waals surface area contributed by atoms with E-state index in [9.17, 15) is 9.59 Å². The molecular weight excluding hydrogens is 316 g/mol. The van der Waals surface area contributed by atoms with Gasteiger partial charge in [-0.25, -0.2) is 0 Å². The zero-order valence-electron chi connectivity index (χ0n) is 14.7. The molecule has 0 saturated carbocycles. The van der Waals surface area contributed by atoms with Crippen molar-refractivity contribution in [3.8, 4) is 0 Å². The molecule has 0 unspecified atom stereocenters. The largest absolute Gasteiger partial charge is 0.351 e. The molecule has 132 valence electrons. The van der Waals surface area contributed by atoms with Gasteiger partial charge in [-0.3, -0.25) is 14.3 Å². The number of benzene rings is 1. The molecule has 2 N–H and O–H groups in total. The minimum absolute atomic E-state index is 0.0650. The number of hydrogen-bond donors (Lipinski definition) is 2. The van der Waals surface area contributed by atoms with Crippen LogP contribution in [0.5, 0.6) is 0 Å². The van der Waals surface area contributed by atoms with E-state index in [1.165, 1.54) is 0 Å². The fourth-order valence-corrected chi connectivity index (χ4v) is 3.04. The Labute approximate surface area is 147 Å². The molecule has 2 heterocycles. The molecule has 0 radical (unpaired) electrons. The van der Waals surface area contributed by atoms with Gasteiger partial charge in [0.25, 0.3) is 5.91 Å². The summed E-state index contributed by atoms with van der Waals surface area (Å²) in [7, 11) is 0. The lowest BCUT2D eigenvalue weighted by molar-refractivity contribution is -0.122. The summed E-state index contributed by atoms with van der Waals surface area (Å²) in [5, 5.41) is 10.3. The summed E-state index contributed by atoms with van der Waals surface area (Å²) in [6.45, 7) is 5.15. The van der Waals surface area contributed by atoms with E-state index >= 15 is 0 Å². The number of carbonyl (C=O) groups excluding carboxylic acids is 2. The Morgan fingerprint density at radius 3 is 2.72 bits per heavy atom. The molecular formula is C19H24N4O2. The minimum atomic E-state index is -0.175. The van der Waals surface area contributed by atoms with Crippen LogP contribution in [0.25, 0.3) is 0 Å². The van der Waals surface area contributed by atoms with Crippen molar-refractivity contribution >= 4 is 11.8 Å². The second-order valence-electron chi connectivity index (χ2n) is 6.94. The van der Waals surface area contributed by atoms with E-state index < -0.39 is 0 Å². The van der Waals surface area contributed by atoms with Gasteiger partial charge in [-0.05, 0) is 17.5 Å². The zero-order valence-corrected chi connectivity index (χ0v) is 14.7. The molecule has 1 aliphatic rings. The minimum Gasteiger partial charge on any atom is -0.351 e. The highest BCUT2D eigenvalue weighted by molar-refractivity contribution is 5.92. The zero-order chi connectivity index (χ0) is 17.8. The van der Waals surface area contributed by atoms with Crippen molar-refractivity contribution in [2.75, 3.05) is 0 Å². The van der Waals surface area contributed by atoms with Crippen LogP contribution >= 0.6 is 0 Å². The molecule has 2 aromatic rings. The highest BCUT2D eigenvalue weighted by Gasteiger charge is 2.26. The first-order chi connectivity index (χ1) is 12.0. The summed E-state index contributed by atoms with van der Waals surface area (Å²) in [6, 6.07) is 11.7. The highest BCUT2D eigenvalue weighted by Crippen LogP contribution is 2.16. The van der Waals surface area contributed by atoms with Crippen molar-refractivity contribution in [2.45, 2.75) is 45.8 Å². The maximum Gasteiger partial charge on any atom is 0.272 e. The van der Waals surface area contributed by atoms with Crippen LogP contribution in [0.1, 0.15) is 42.0 Å². The van der Waals surface area contributed by atoms with Crippen molar-refractivity contribution in [1.29, 1.82) is 0 Å². The molecule has 6 heteroatoms. The quantitative estimate of drug-likeness (QED) is 0.843. The Kier molecular flexibility index (Phi) is 5.16. The Morgan fingerprint density at radius 2 is 2.04 bits per heavy atom. The first-order valence-electron chi connectivity index (χ1n) is 8.69. The molecule has 1 aromatic carbocycles. The lowest BCUT2D eigenvalue weighted by Crippen LogP contribution is -2.36. The van der Waals surface area contributed by atoms with Crippen LogP contribution in [0.3, 0.4) is 0 Å². The summed E-state index contributed by atoms with van der Waals surface area (Å²) in [6.07, 6.45) is 1.24. The number of aromatic nitrogens is 2. The summed E-state index contributed by atoms with van der Waals surface area (Å²) in [4.78, 5) is 24.1. The molecule has 0 spiro atoms. The molecule has 1 aliphatic heterocycles. The first kappa shape index (κ1) is 17.2. The molecule has 0 aliphatic carbocycles. The Hall–Kier alpha value is -2.63. The van der Waals surface area contributed by atoms with Crippen LogP contribution < -0.4 is 10.6 Å². The fraction of sp³-hybridized carbons (Fsp3) is 0.421. The lowest BCUT2D eigenvalue weighted by Gasteiger charge is -2.12. The number of fused-ring (bicyclic) bond motifs is 1. The van der Waals surface area contributed by atoms with E-state index in [1.807, 2.05) is 54.9 Å². The third kappa shape index (κ3) is 4.47. The van der Waals surface area contributed by atoms with Crippen molar-refractivity contribution in [3.63, 3.8) is 0 Å². The predicted molar refractivity (Wildman–Crippen MR) is 94.9 cm³/mol. The van der Waals surface area contributed by atoms with E-state index in [0.29, 0.717) is 37.5 Å². The van der Waals surface area contributed by atoms with Gasteiger partial charge in [-0.1, -0.05) is 44.2 Å². The number of nitrogens with one attached hydrogen (secondary N) is 2. The summed E-state index contributed by atoms with van der Waals surface area (Å²) < 4.78 is 1.82. The molecule has 0 bridgehead atoms. The topological polar surface area (TPSA) is 76.0 Å². The van der Waals surface area contributed by atoms with Crippen LogP contribution in [-0.2, 0) is 24.3 Å². The van der Waals surface area contributed by atoms with Crippen molar-refractivity contribution in [2.24, 2.45) is 5.92 Å². The van der Waals surface area contributed by atoms with Gasteiger partial charge in [-0.15, -0.1) is 0 Å². The van der Waals surface area contributed by atoms with Crippen LogP contribution in [0.4, 0.5) is 0 Å². The monoisotopic (exact) mass is 340 g/mol. The van der Waals surface area contributed by atoms with Gasteiger partial charge in [0.2, 0.25) is 5.91 Å². The molecule has 1 atom stereocenters. The second kappa shape index (κ2) is 7.51. The number of hydrogen-bond acceptors (Lipinski definition) is 3. The van der Waals surface area contributed by atoms with Crippen LogP contribution in [0, 0.1) is 5.92 Å². The normalized spacial score (nSPS) is 15.9. The molecule has 0 fully saturated rings. The molecule has 25 heavy (non-hydrogen) atoms. The molecule has 1 aromatic heterocycles. The SMILES string of the molecule is CC(C)CC(=O)N[C@H]1Cc2cc(C(=O)NCc3ccccc3)nn2C1. The third-order valence-corrected chi connectivity index (χ3v) is 4.20. The standard InChI is InChI=1S/C19H24N4O2/c1-13(2)8-18(24)21-15-9-16-10-17(22-23(16)12-15)19(25)20-11-14-6-4-3-5-7-14/h3-7,10,13,15H,8-9,11-12H2,1-2H3,(H,20,25)(H,21,24)/t15-/m0/s1. The maximum absolute atomic E-state index is 12.2. The Balaban J connectivity index is 1.52. The third-order valence-electron chi connectivity index (χ3n) is 4.20. The second-order valence-corrected chi connectivity index (χ2v) is 6.94. The molecule has 2 amide bonds. The van der Waals surface area contributed by atoms with Gasteiger partial charge in [0, 0.05) is 25.1 Å². The summed E-state index contributed by atoms with van der Waals surface area (Å²) in [5.74, 6) is 0.246. The van der Waals surface area contributed by atoms with Gasteiger partial charge >= 0.3 is 0 Å². The fourth-order valence-electron chi connectivity index (χ4n) is 3.04. The summed E-state index contributed by atoms with van der Waals surface area (Å²) in [5.41, 5.74) is 2.47. The van der Waals surface area contributed by atoms with Crippen molar-refractivity contribution < 1.29 is 9.59 Å². The lowest BCUT2D eigenvalue weighted by atomic mass is 10.1. The Bertz CT molecular complexity index is 729. The smallest absolute Gasteiger partial charge is 0.272 e. The average molecular weight is 340 g/mol. The van der Waals surface area contributed by atoms with Gasteiger partial charge in [0.05, 0.1) is 12.6 Å². The first-order valence-corrected chi connectivity index (χ1v) is 8.69. The predicted octanol–water partition coefficient (Wildman–Crippen LogP) is 1.90. The van der Waals surface area contributed by atoms with E-state index in [4.69, 9.17) is 0 Å². The van der Waals surface area contributed by atoms with Crippen molar-refractivity contribution in [1.82, 2.24) is 20.4 Å². The maximum atomic E-state index is 12.2. The van der Waals surface area contributed by atoms with Gasteiger partial charge in [0.15, 0.2) is 0 Å². The van der Waals surface area contributed by atoms with Gasteiger partial charge in [0.1, 0.15) is 5.69 Å². The van der Waals surface area contributed by atoms with E-state index in [0.717, 1.165) is 11.3 Å². The molecule has 0 saturated heterocycles. The van der Waals surface area contributed by atoms with Gasteiger partial charge in [-0.2, -0.15) is 5.10 Å². The van der Waals surface area contributed by atoms with Crippen LogP contribution in [-0.4, -0.2) is 27.6 Å². The number of carbonyl (C=O) groups is 2. The number of amides is 2. The summed E-state index contributed by atoms with van der Waals surface area (Å²) >= 11 is 0. The van der Waals surface area contributed by atoms with Crippen molar-refractivity contribution in [3.05, 3.63) is 53.3 Å². The molecule has 6 nitrogen and oxygen atoms in total. The number of nitrogens with zero attached hydrogens (tertiary/aromatic N) is 2. The van der Waals surface area contributed by atoms with E-state index in [2.05, 4.69) is 15.7 Å². The van der Waals surface area contributed by atoms with E-state index in [1.54, 1.807) is 0 Å². The average Bonchev–Trinajstić information content (AvgIpc) is 3.11. The van der Waals surface area contributed by atoms with Crippen LogP contribution in [0.15, 0.2) is 36.4 Å². The van der Waals surface area contributed by atoms with Crippen LogP contribution in [0.2, 0.25) is 0 Å². The Morgan fingerprint density at radius 1 is 1.28 bits per heavy atom.